The van der Waals surface area contributed by atoms with Crippen molar-refractivity contribution >= 4 is 0 Å². The van der Waals surface area contributed by atoms with Crippen LogP contribution < -0.4 is 0 Å². The summed E-state index contributed by atoms with van der Waals surface area (Å²) in [7, 11) is 4.24. The molecule has 0 saturated carbocycles. The average Bonchev–Trinajstić information content (AvgIpc) is 2.26. The highest BCUT2D eigenvalue weighted by molar-refractivity contribution is 4.79. The number of hydrogen-bond donors (Lipinski definition) is 1. The fourth-order valence-corrected chi connectivity index (χ4v) is 2.06. The molecule has 1 N–H and O–H groups in total. The normalized spacial score (nSPS) is 21.5. The van der Waals surface area contributed by atoms with E-state index in [0.29, 0.717) is 0 Å². The molecule has 0 aliphatic carbocycles. The lowest BCUT2D eigenvalue weighted by Gasteiger charge is -2.38. The first-order valence-corrected chi connectivity index (χ1v) is 7.06. The van der Waals surface area contributed by atoms with Crippen molar-refractivity contribution < 1.29 is 5.11 Å². The molecule has 1 atom stereocenters. The molecule has 1 aliphatic heterocycles. The molecule has 4 nitrogen and oxygen atoms in total. The first-order chi connectivity index (χ1) is 8.29. The van der Waals surface area contributed by atoms with E-state index in [9.17, 15) is 5.11 Å². The third-order valence-corrected chi connectivity index (χ3v) is 3.76. The van der Waals surface area contributed by atoms with Crippen molar-refractivity contribution in [2.75, 3.05) is 59.9 Å². The second-order valence-electron chi connectivity index (χ2n) is 6.83. The molecule has 1 fully saturated rings. The predicted molar refractivity (Wildman–Crippen MR) is 76.9 cm³/mol. The molecule has 0 aromatic heterocycles. The average molecular weight is 257 g/mol. The van der Waals surface area contributed by atoms with Crippen molar-refractivity contribution in [3.8, 4) is 0 Å². The van der Waals surface area contributed by atoms with Crippen LogP contribution in [0.3, 0.4) is 0 Å². The van der Waals surface area contributed by atoms with E-state index in [-0.39, 0.29) is 11.5 Å². The summed E-state index contributed by atoms with van der Waals surface area (Å²) in [6.07, 6.45) is -0.231. The van der Waals surface area contributed by atoms with Gasteiger partial charge in [-0.15, -0.1) is 0 Å². The van der Waals surface area contributed by atoms with Crippen LogP contribution in [0.2, 0.25) is 0 Å². The summed E-state index contributed by atoms with van der Waals surface area (Å²) in [5.41, 5.74) is -0.0118. The van der Waals surface area contributed by atoms with Crippen LogP contribution in [0.25, 0.3) is 0 Å². The lowest BCUT2D eigenvalue weighted by molar-refractivity contribution is 0.0130. The minimum absolute atomic E-state index is 0.0118. The maximum absolute atomic E-state index is 10.1. The van der Waals surface area contributed by atoms with E-state index >= 15 is 0 Å². The van der Waals surface area contributed by atoms with E-state index in [1.54, 1.807) is 0 Å². The molecular formula is C14H31N3O. The van der Waals surface area contributed by atoms with Crippen LogP contribution in [0, 0.1) is 5.41 Å². The Morgan fingerprint density at radius 1 is 1.06 bits per heavy atom. The molecule has 1 aliphatic rings. The van der Waals surface area contributed by atoms with Crippen molar-refractivity contribution in [2.24, 2.45) is 5.41 Å². The fourth-order valence-electron chi connectivity index (χ4n) is 2.06. The Morgan fingerprint density at radius 2 is 1.56 bits per heavy atom. The van der Waals surface area contributed by atoms with Crippen molar-refractivity contribution in [1.82, 2.24) is 14.7 Å². The quantitative estimate of drug-likeness (QED) is 0.780. The summed E-state index contributed by atoms with van der Waals surface area (Å²) < 4.78 is 0. The standard InChI is InChI=1S/C14H31N3O/c1-14(2,3)13(18)12-17-10-8-16(9-11-17)7-6-15(4)5/h13,18H,6-12H2,1-5H3. The Balaban J connectivity index is 2.23. The van der Waals surface area contributed by atoms with E-state index in [1.807, 2.05) is 0 Å². The molecule has 1 heterocycles. The lowest BCUT2D eigenvalue weighted by atomic mass is 9.89. The first-order valence-electron chi connectivity index (χ1n) is 7.06. The first kappa shape index (κ1) is 15.9. The minimum Gasteiger partial charge on any atom is -0.391 e. The van der Waals surface area contributed by atoms with E-state index in [0.717, 1.165) is 45.8 Å². The Bertz CT molecular complexity index is 230. The molecule has 18 heavy (non-hydrogen) atoms. The summed E-state index contributed by atoms with van der Waals surface area (Å²) in [5, 5.41) is 10.1. The van der Waals surface area contributed by atoms with Crippen LogP contribution in [-0.2, 0) is 0 Å². The maximum atomic E-state index is 10.1. The number of piperazine rings is 1. The Hall–Kier alpha value is -0.160. The highest BCUT2D eigenvalue weighted by atomic mass is 16.3. The number of aliphatic hydroxyl groups excluding tert-OH is 1. The SMILES string of the molecule is CN(C)CCN1CCN(CC(O)C(C)(C)C)CC1. The topological polar surface area (TPSA) is 30.0 Å². The number of likely N-dealkylation sites (N-methyl/N-ethyl adjacent to an activating group) is 1. The number of nitrogens with zero attached hydrogens (tertiary/aromatic N) is 3. The number of β-amino-alcohol motifs (C(OH)–C–C–N with tert-alkyl or cyclic N) is 1. The lowest BCUT2D eigenvalue weighted by Crippen LogP contribution is -2.51. The Morgan fingerprint density at radius 3 is 2.00 bits per heavy atom. The van der Waals surface area contributed by atoms with Gasteiger partial charge in [0.05, 0.1) is 6.10 Å². The molecule has 0 radical (unpaired) electrons. The van der Waals surface area contributed by atoms with Crippen LogP contribution in [0.1, 0.15) is 20.8 Å². The van der Waals surface area contributed by atoms with Gasteiger partial charge in [-0.25, -0.2) is 0 Å². The second-order valence-corrected chi connectivity index (χ2v) is 6.83. The largest absolute Gasteiger partial charge is 0.391 e. The zero-order valence-corrected chi connectivity index (χ0v) is 12.8. The molecule has 0 amide bonds. The van der Waals surface area contributed by atoms with Gasteiger partial charge in [0, 0.05) is 45.8 Å². The van der Waals surface area contributed by atoms with Crippen molar-refractivity contribution in [1.29, 1.82) is 0 Å². The summed E-state index contributed by atoms with van der Waals surface area (Å²) in [5.74, 6) is 0. The second kappa shape index (κ2) is 6.85. The van der Waals surface area contributed by atoms with Gasteiger partial charge < -0.3 is 10.0 Å². The van der Waals surface area contributed by atoms with Gasteiger partial charge in [0.2, 0.25) is 0 Å². The van der Waals surface area contributed by atoms with Crippen molar-refractivity contribution in [3.05, 3.63) is 0 Å². The van der Waals surface area contributed by atoms with Gasteiger partial charge in [-0.2, -0.15) is 0 Å². The minimum atomic E-state index is -0.231. The maximum Gasteiger partial charge on any atom is 0.0715 e. The van der Waals surface area contributed by atoms with Gasteiger partial charge in [-0.1, -0.05) is 20.8 Å². The Labute approximate surface area is 113 Å². The van der Waals surface area contributed by atoms with Crippen LogP contribution >= 0.6 is 0 Å². The van der Waals surface area contributed by atoms with E-state index < -0.39 is 0 Å². The monoisotopic (exact) mass is 257 g/mol. The highest BCUT2D eigenvalue weighted by Crippen LogP contribution is 2.20. The number of aliphatic hydroxyl groups is 1. The third-order valence-electron chi connectivity index (χ3n) is 3.76. The molecule has 1 saturated heterocycles. The molecule has 1 rings (SSSR count). The third kappa shape index (κ3) is 5.65. The summed E-state index contributed by atoms with van der Waals surface area (Å²) in [6.45, 7) is 13.8. The fraction of sp³-hybridized carbons (Fsp3) is 1.00. The number of rotatable bonds is 5. The van der Waals surface area contributed by atoms with Crippen LogP contribution in [-0.4, -0.2) is 85.8 Å². The van der Waals surface area contributed by atoms with E-state index in [4.69, 9.17) is 0 Å². The summed E-state index contributed by atoms with van der Waals surface area (Å²) in [6, 6.07) is 0. The van der Waals surface area contributed by atoms with Crippen LogP contribution in [0.4, 0.5) is 0 Å². The van der Waals surface area contributed by atoms with Gasteiger partial charge in [-0.3, -0.25) is 9.80 Å². The zero-order valence-electron chi connectivity index (χ0n) is 12.8. The Kier molecular flexibility index (Phi) is 6.05. The van der Waals surface area contributed by atoms with Crippen LogP contribution in [0.15, 0.2) is 0 Å². The molecule has 1 unspecified atom stereocenters. The van der Waals surface area contributed by atoms with Gasteiger partial charge in [0.1, 0.15) is 0 Å². The number of hydrogen-bond acceptors (Lipinski definition) is 4. The molecule has 4 heteroatoms. The molecule has 0 aromatic carbocycles. The molecule has 0 spiro atoms. The molecular weight excluding hydrogens is 226 g/mol. The zero-order chi connectivity index (χ0) is 13.8. The van der Waals surface area contributed by atoms with E-state index in [2.05, 4.69) is 49.6 Å². The van der Waals surface area contributed by atoms with Gasteiger partial charge >= 0.3 is 0 Å². The smallest absolute Gasteiger partial charge is 0.0715 e. The van der Waals surface area contributed by atoms with Gasteiger partial charge in [0.15, 0.2) is 0 Å². The van der Waals surface area contributed by atoms with Gasteiger partial charge in [-0.05, 0) is 19.5 Å². The van der Waals surface area contributed by atoms with Crippen LogP contribution in [0.5, 0.6) is 0 Å². The molecule has 0 bridgehead atoms. The van der Waals surface area contributed by atoms with E-state index in [1.165, 1.54) is 0 Å². The van der Waals surface area contributed by atoms with Crippen molar-refractivity contribution in [2.45, 2.75) is 26.9 Å². The molecule has 0 aromatic rings. The molecule has 108 valence electrons. The highest BCUT2D eigenvalue weighted by Gasteiger charge is 2.26. The summed E-state index contributed by atoms with van der Waals surface area (Å²) >= 11 is 0. The van der Waals surface area contributed by atoms with Gasteiger partial charge in [0.25, 0.3) is 0 Å². The van der Waals surface area contributed by atoms with Crippen molar-refractivity contribution in [3.63, 3.8) is 0 Å². The summed E-state index contributed by atoms with van der Waals surface area (Å²) in [4.78, 5) is 7.14. The predicted octanol–water partition coefficient (Wildman–Crippen LogP) is 0.573.